The lowest BCUT2D eigenvalue weighted by Gasteiger charge is -2.33. The number of morpholine rings is 1. The summed E-state index contributed by atoms with van der Waals surface area (Å²) < 4.78 is 5.82. The van der Waals surface area contributed by atoms with Gasteiger partial charge in [0.25, 0.3) is 5.91 Å². The van der Waals surface area contributed by atoms with Crippen LogP contribution in [0.2, 0.25) is 0 Å². The summed E-state index contributed by atoms with van der Waals surface area (Å²) in [4.78, 5) is 27.2. The molecule has 2 aromatic heterocycles. The molecule has 24 heavy (non-hydrogen) atoms. The van der Waals surface area contributed by atoms with E-state index < -0.39 is 0 Å². The van der Waals surface area contributed by atoms with E-state index in [0.717, 1.165) is 29.9 Å². The average Bonchev–Trinajstić information content (AvgIpc) is 2.60. The molecular weight excluding hydrogens is 304 g/mol. The number of hydrogen-bond donors (Lipinski definition) is 0. The zero-order chi connectivity index (χ0) is 16.9. The summed E-state index contributed by atoms with van der Waals surface area (Å²) in [5.41, 5.74) is 3.41. The van der Waals surface area contributed by atoms with Crippen LogP contribution in [0.1, 0.15) is 33.9 Å². The highest BCUT2D eigenvalue weighted by Crippen LogP contribution is 2.15. The predicted molar refractivity (Wildman–Crippen MR) is 89.7 cm³/mol. The van der Waals surface area contributed by atoms with Gasteiger partial charge in [-0.1, -0.05) is 0 Å². The van der Waals surface area contributed by atoms with Crippen LogP contribution in [-0.2, 0) is 11.2 Å². The quantitative estimate of drug-likeness (QED) is 0.859. The van der Waals surface area contributed by atoms with E-state index in [1.54, 1.807) is 18.6 Å². The number of carbonyl (C=O) groups excluding carboxylic acids is 1. The van der Waals surface area contributed by atoms with Gasteiger partial charge in [-0.05, 0) is 44.9 Å². The minimum absolute atomic E-state index is 0.0341. The van der Waals surface area contributed by atoms with E-state index in [9.17, 15) is 4.79 Å². The van der Waals surface area contributed by atoms with Crippen molar-refractivity contribution in [2.75, 3.05) is 19.7 Å². The van der Waals surface area contributed by atoms with Crippen LogP contribution in [-0.4, -0.2) is 51.6 Å². The van der Waals surface area contributed by atoms with Gasteiger partial charge in [-0.2, -0.15) is 0 Å². The largest absolute Gasteiger partial charge is 0.375 e. The monoisotopic (exact) mass is 326 g/mol. The van der Waals surface area contributed by atoms with Gasteiger partial charge in [-0.25, -0.2) is 9.97 Å². The predicted octanol–water partition coefficient (Wildman–Crippen LogP) is 1.96. The highest BCUT2D eigenvalue weighted by atomic mass is 16.5. The molecule has 0 N–H and O–H groups in total. The van der Waals surface area contributed by atoms with Gasteiger partial charge in [0, 0.05) is 36.4 Å². The fourth-order valence-electron chi connectivity index (χ4n) is 2.91. The molecule has 0 unspecified atom stereocenters. The van der Waals surface area contributed by atoms with Crippen LogP contribution in [0.4, 0.5) is 0 Å². The van der Waals surface area contributed by atoms with Crippen LogP contribution >= 0.6 is 0 Å². The molecule has 1 atom stereocenters. The van der Waals surface area contributed by atoms with E-state index in [-0.39, 0.29) is 12.0 Å². The van der Waals surface area contributed by atoms with Gasteiger partial charge >= 0.3 is 0 Å². The fourth-order valence-corrected chi connectivity index (χ4v) is 2.91. The molecule has 1 fully saturated rings. The maximum Gasteiger partial charge on any atom is 0.255 e. The third kappa shape index (κ3) is 3.94. The lowest BCUT2D eigenvalue weighted by Crippen LogP contribution is -2.46. The summed E-state index contributed by atoms with van der Waals surface area (Å²) >= 11 is 0. The number of aromatic nitrogens is 3. The number of aryl methyl sites for hydroxylation is 3. The lowest BCUT2D eigenvalue weighted by molar-refractivity contribution is -0.0247. The zero-order valence-corrected chi connectivity index (χ0v) is 14.1. The van der Waals surface area contributed by atoms with Crippen molar-refractivity contribution in [2.45, 2.75) is 32.8 Å². The van der Waals surface area contributed by atoms with Crippen molar-refractivity contribution >= 4 is 5.91 Å². The number of nitrogens with zero attached hydrogens (tertiary/aromatic N) is 4. The molecule has 0 aliphatic carbocycles. The van der Waals surface area contributed by atoms with E-state index in [0.29, 0.717) is 25.3 Å². The molecule has 0 radical (unpaired) electrons. The molecule has 3 rings (SSSR count). The second-order valence-corrected chi connectivity index (χ2v) is 6.07. The smallest absolute Gasteiger partial charge is 0.255 e. The molecule has 1 aliphatic heterocycles. The maximum absolute atomic E-state index is 12.7. The Labute approximate surface area is 141 Å². The first-order chi connectivity index (χ1) is 11.6. The topological polar surface area (TPSA) is 68.2 Å². The van der Waals surface area contributed by atoms with Crippen molar-refractivity contribution in [1.82, 2.24) is 19.9 Å². The summed E-state index contributed by atoms with van der Waals surface area (Å²) in [6, 6.07) is 5.62. The molecule has 1 amide bonds. The Morgan fingerprint density at radius 2 is 2.21 bits per heavy atom. The van der Waals surface area contributed by atoms with Gasteiger partial charge in [0.15, 0.2) is 0 Å². The van der Waals surface area contributed by atoms with Crippen LogP contribution in [0.3, 0.4) is 0 Å². The van der Waals surface area contributed by atoms with Crippen LogP contribution in [0.15, 0.2) is 30.7 Å². The molecule has 1 saturated heterocycles. The highest BCUT2D eigenvalue weighted by molar-refractivity contribution is 5.95. The number of pyridine rings is 1. The summed E-state index contributed by atoms with van der Waals surface area (Å²) in [7, 11) is 0. The molecule has 6 nitrogen and oxygen atoms in total. The Hall–Kier alpha value is -2.34. The average molecular weight is 326 g/mol. The molecule has 3 heterocycles. The number of rotatable bonds is 4. The molecular formula is C18H22N4O2. The lowest BCUT2D eigenvalue weighted by atomic mass is 10.1. The number of hydrogen-bond acceptors (Lipinski definition) is 5. The second kappa shape index (κ2) is 7.49. The summed E-state index contributed by atoms with van der Waals surface area (Å²) in [5.74, 6) is 0.0341. The van der Waals surface area contributed by atoms with Crippen LogP contribution in [0.25, 0.3) is 0 Å². The zero-order valence-electron chi connectivity index (χ0n) is 14.1. The molecule has 0 saturated carbocycles. The first-order valence-electron chi connectivity index (χ1n) is 8.23. The van der Waals surface area contributed by atoms with Crippen molar-refractivity contribution in [3.05, 3.63) is 53.4 Å². The van der Waals surface area contributed by atoms with Crippen molar-refractivity contribution < 1.29 is 9.53 Å². The van der Waals surface area contributed by atoms with Crippen LogP contribution in [0, 0.1) is 13.8 Å². The van der Waals surface area contributed by atoms with E-state index >= 15 is 0 Å². The fraction of sp³-hybridized carbons (Fsp3) is 0.444. The molecule has 6 heteroatoms. The minimum Gasteiger partial charge on any atom is -0.375 e. The molecule has 126 valence electrons. The third-order valence-electron chi connectivity index (χ3n) is 4.25. The molecule has 2 aromatic rings. The molecule has 0 spiro atoms. The standard InChI is InChI=1S/C18H22N4O2/c1-13-10-15(21-12-20-13)5-6-16-11-22(8-9-24-16)18(23)17-4-3-7-19-14(17)2/h3-4,7,10,12,16H,5-6,8-9,11H2,1-2H3/t16-/m0/s1. The van der Waals surface area contributed by atoms with E-state index in [4.69, 9.17) is 4.74 Å². The van der Waals surface area contributed by atoms with Crippen LogP contribution in [0.5, 0.6) is 0 Å². The normalized spacial score (nSPS) is 17.8. The highest BCUT2D eigenvalue weighted by Gasteiger charge is 2.26. The summed E-state index contributed by atoms with van der Waals surface area (Å²) in [6.45, 7) is 5.62. The first-order valence-corrected chi connectivity index (χ1v) is 8.23. The van der Waals surface area contributed by atoms with Gasteiger partial charge < -0.3 is 9.64 Å². The Morgan fingerprint density at radius 3 is 3.00 bits per heavy atom. The minimum atomic E-state index is 0.0341. The van der Waals surface area contributed by atoms with Gasteiger partial charge in [-0.15, -0.1) is 0 Å². The Bertz CT molecular complexity index is 720. The summed E-state index contributed by atoms with van der Waals surface area (Å²) in [5, 5.41) is 0. The number of carbonyl (C=O) groups is 1. The van der Waals surface area contributed by atoms with E-state index in [2.05, 4.69) is 15.0 Å². The molecule has 0 aromatic carbocycles. The first kappa shape index (κ1) is 16.5. The molecule has 0 bridgehead atoms. The maximum atomic E-state index is 12.7. The van der Waals surface area contributed by atoms with Gasteiger partial charge in [0.1, 0.15) is 6.33 Å². The van der Waals surface area contributed by atoms with Crippen molar-refractivity contribution in [3.63, 3.8) is 0 Å². The number of amides is 1. The summed E-state index contributed by atoms with van der Waals surface area (Å²) in [6.07, 6.45) is 4.99. The van der Waals surface area contributed by atoms with Crippen molar-refractivity contribution in [3.8, 4) is 0 Å². The van der Waals surface area contributed by atoms with Gasteiger partial charge in [0.2, 0.25) is 0 Å². The Morgan fingerprint density at radius 1 is 1.33 bits per heavy atom. The Balaban J connectivity index is 1.60. The number of ether oxygens (including phenoxy) is 1. The van der Waals surface area contributed by atoms with E-state index in [1.807, 2.05) is 30.9 Å². The third-order valence-corrected chi connectivity index (χ3v) is 4.25. The molecule has 1 aliphatic rings. The van der Waals surface area contributed by atoms with Crippen molar-refractivity contribution in [2.24, 2.45) is 0 Å². The SMILES string of the molecule is Cc1cc(CC[C@H]2CN(C(=O)c3cccnc3C)CCO2)ncn1. The second-order valence-electron chi connectivity index (χ2n) is 6.07. The Kier molecular flexibility index (Phi) is 5.15. The van der Waals surface area contributed by atoms with Crippen molar-refractivity contribution in [1.29, 1.82) is 0 Å². The van der Waals surface area contributed by atoms with Gasteiger partial charge in [0.05, 0.1) is 18.3 Å². The van der Waals surface area contributed by atoms with Crippen LogP contribution < -0.4 is 0 Å². The van der Waals surface area contributed by atoms with E-state index in [1.165, 1.54) is 0 Å². The van der Waals surface area contributed by atoms with Gasteiger partial charge in [-0.3, -0.25) is 9.78 Å².